The van der Waals surface area contributed by atoms with E-state index >= 15 is 0 Å². The summed E-state index contributed by atoms with van der Waals surface area (Å²) in [5, 5.41) is 5.78. The molecular weight excluding hydrogens is 438 g/mol. The number of aromatic nitrogens is 3. The van der Waals surface area contributed by atoms with Gasteiger partial charge in [-0.25, -0.2) is 23.7 Å². The van der Waals surface area contributed by atoms with Crippen LogP contribution in [-0.2, 0) is 4.79 Å². The lowest BCUT2D eigenvalue weighted by Crippen LogP contribution is -2.39. The lowest BCUT2D eigenvalue weighted by atomic mass is 9.95. The summed E-state index contributed by atoms with van der Waals surface area (Å²) in [6, 6.07) is 10.9. The minimum atomic E-state index is -0.447. The molecule has 3 aromatic rings. The SMILES string of the molecule is CC(C)c1cc(Nc2ccc(F)cn2)nc(C2CCN(CC(=O)Nc3ccccc3F)CC2)n1. The number of likely N-dealkylation sites (tertiary alicyclic amines) is 1. The van der Waals surface area contributed by atoms with E-state index in [9.17, 15) is 13.6 Å². The summed E-state index contributed by atoms with van der Waals surface area (Å²) in [4.78, 5) is 28.0. The van der Waals surface area contributed by atoms with Crippen LogP contribution in [0.3, 0.4) is 0 Å². The molecule has 1 aliphatic rings. The highest BCUT2D eigenvalue weighted by Gasteiger charge is 2.25. The number of carbonyl (C=O) groups is 1. The maximum atomic E-state index is 13.8. The van der Waals surface area contributed by atoms with Crippen molar-refractivity contribution in [2.45, 2.75) is 38.5 Å². The van der Waals surface area contributed by atoms with E-state index in [1.165, 1.54) is 12.1 Å². The molecule has 0 atom stereocenters. The van der Waals surface area contributed by atoms with Gasteiger partial charge in [-0.05, 0) is 56.1 Å². The van der Waals surface area contributed by atoms with Gasteiger partial charge in [0.15, 0.2) is 0 Å². The van der Waals surface area contributed by atoms with E-state index in [1.807, 2.05) is 6.07 Å². The first kappa shape index (κ1) is 23.7. The number of carbonyl (C=O) groups excluding carboxylic acids is 1. The van der Waals surface area contributed by atoms with E-state index in [0.717, 1.165) is 30.6 Å². The third-order valence-corrected chi connectivity index (χ3v) is 5.81. The molecule has 0 bridgehead atoms. The Morgan fingerprint density at radius 1 is 1.09 bits per heavy atom. The Morgan fingerprint density at radius 2 is 1.85 bits per heavy atom. The van der Waals surface area contributed by atoms with Crippen LogP contribution in [0, 0.1) is 11.6 Å². The maximum absolute atomic E-state index is 13.8. The molecule has 34 heavy (non-hydrogen) atoms. The van der Waals surface area contributed by atoms with Crippen molar-refractivity contribution in [2.24, 2.45) is 0 Å². The fourth-order valence-electron chi connectivity index (χ4n) is 3.91. The van der Waals surface area contributed by atoms with Gasteiger partial charge < -0.3 is 10.6 Å². The van der Waals surface area contributed by atoms with Gasteiger partial charge in [0.2, 0.25) is 5.91 Å². The van der Waals surface area contributed by atoms with Crippen molar-refractivity contribution in [2.75, 3.05) is 30.3 Å². The number of halogens is 2. The number of nitrogens with zero attached hydrogens (tertiary/aromatic N) is 4. The molecule has 1 aromatic carbocycles. The molecule has 7 nitrogen and oxygen atoms in total. The Hall–Kier alpha value is -3.46. The van der Waals surface area contributed by atoms with Crippen LogP contribution in [0.5, 0.6) is 0 Å². The van der Waals surface area contributed by atoms with Crippen molar-refractivity contribution in [3.05, 3.63) is 71.8 Å². The van der Waals surface area contributed by atoms with Crippen LogP contribution >= 0.6 is 0 Å². The number of para-hydroxylation sites is 1. The molecule has 1 saturated heterocycles. The van der Waals surface area contributed by atoms with Crippen LogP contribution < -0.4 is 10.6 Å². The van der Waals surface area contributed by atoms with Gasteiger partial charge >= 0.3 is 0 Å². The molecule has 3 heterocycles. The fourth-order valence-corrected chi connectivity index (χ4v) is 3.91. The average molecular weight is 467 g/mol. The van der Waals surface area contributed by atoms with Crippen molar-refractivity contribution in [3.8, 4) is 0 Å². The van der Waals surface area contributed by atoms with Gasteiger partial charge in [-0.15, -0.1) is 0 Å². The summed E-state index contributed by atoms with van der Waals surface area (Å²) in [6.45, 7) is 5.78. The molecule has 1 aliphatic heterocycles. The van der Waals surface area contributed by atoms with Gasteiger partial charge in [-0.3, -0.25) is 9.69 Å². The minimum absolute atomic E-state index is 0.159. The second kappa shape index (κ2) is 10.6. The second-order valence-corrected chi connectivity index (χ2v) is 8.76. The lowest BCUT2D eigenvalue weighted by Gasteiger charge is -2.31. The van der Waals surface area contributed by atoms with E-state index < -0.39 is 11.6 Å². The zero-order chi connectivity index (χ0) is 24.1. The molecule has 2 N–H and O–H groups in total. The van der Waals surface area contributed by atoms with Gasteiger partial charge in [0.1, 0.15) is 29.1 Å². The smallest absolute Gasteiger partial charge is 0.238 e. The molecule has 0 radical (unpaired) electrons. The Balaban J connectivity index is 1.39. The van der Waals surface area contributed by atoms with Crippen LogP contribution in [0.1, 0.15) is 50.0 Å². The summed E-state index contributed by atoms with van der Waals surface area (Å²) in [5.41, 5.74) is 1.11. The molecule has 0 saturated carbocycles. The van der Waals surface area contributed by atoms with E-state index in [1.54, 1.807) is 24.3 Å². The van der Waals surface area contributed by atoms with Gasteiger partial charge in [0, 0.05) is 17.7 Å². The minimum Gasteiger partial charge on any atom is -0.325 e. The summed E-state index contributed by atoms with van der Waals surface area (Å²) in [7, 11) is 0. The highest BCUT2D eigenvalue weighted by Crippen LogP contribution is 2.28. The molecule has 1 amide bonds. The highest BCUT2D eigenvalue weighted by molar-refractivity contribution is 5.92. The van der Waals surface area contributed by atoms with Crippen LogP contribution in [-0.4, -0.2) is 45.4 Å². The molecule has 9 heteroatoms. The van der Waals surface area contributed by atoms with Crippen LogP contribution in [0.15, 0.2) is 48.7 Å². The molecule has 0 spiro atoms. The standard InChI is InChI=1S/C25H28F2N6O/c1-16(2)21-13-23(31-22-8-7-18(26)14-28-22)32-25(30-21)17-9-11-33(12-10-17)15-24(34)29-20-6-4-3-5-19(20)27/h3-8,13-14,16-17H,9-12,15H2,1-2H3,(H,29,34)(H,28,30,31,32). The van der Waals surface area contributed by atoms with Gasteiger partial charge in [0.25, 0.3) is 0 Å². The summed E-state index contributed by atoms with van der Waals surface area (Å²) < 4.78 is 27.0. The number of anilines is 3. The van der Waals surface area contributed by atoms with E-state index in [0.29, 0.717) is 24.7 Å². The first-order valence-corrected chi connectivity index (χ1v) is 11.4. The number of nitrogens with one attached hydrogen (secondary N) is 2. The molecule has 1 fully saturated rings. The summed E-state index contributed by atoms with van der Waals surface area (Å²) >= 11 is 0. The predicted octanol–water partition coefficient (Wildman–Crippen LogP) is 4.83. The van der Waals surface area contributed by atoms with Gasteiger partial charge in [-0.2, -0.15) is 0 Å². The average Bonchev–Trinajstić information content (AvgIpc) is 2.82. The number of amides is 1. The third kappa shape index (κ3) is 6.11. The summed E-state index contributed by atoms with van der Waals surface area (Å²) in [6.07, 6.45) is 2.78. The zero-order valence-electron chi connectivity index (χ0n) is 19.3. The first-order chi connectivity index (χ1) is 16.4. The van der Waals surface area contributed by atoms with Gasteiger partial charge in [0.05, 0.1) is 18.4 Å². The monoisotopic (exact) mass is 466 g/mol. The number of hydrogen-bond donors (Lipinski definition) is 2. The third-order valence-electron chi connectivity index (χ3n) is 5.81. The van der Waals surface area contributed by atoms with Gasteiger partial charge in [-0.1, -0.05) is 26.0 Å². The Bertz CT molecular complexity index is 1130. The number of pyridine rings is 1. The molecule has 4 rings (SSSR count). The van der Waals surface area contributed by atoms with Crippen molar-refractivity contribution in [1.82, 2.24) is 19.9 Å². The van der Waals surface area contributed by atoms with E-state index in [2.05, 4.69) is 34.4 Å². The highest BCUT2D eigenvalue weighted by atomic mass is 19.1. The maximum Gasteiger partial charge on any atom is 0.238 e. The van der Waals surface area contributed by atoms with Crippen LogP contribution in [0.2, 0.25) is 0 Å². The lowest BCUT2D eigenvalue weighted by molar-refractivity contribution is -0.117. The number of rotatable bonds is 7. The second-order valence-electron chi connectivity index (χ2n) is 8.76. The molecular formula is C25H28F2N6O. The summed E-state index contributed by atoms with van der Waals surface area (Å²) in [5.74, 6) is 1.18. The zero-order valence-corrected chi connectivity index (χ0v) is 19.3. The predicted molar refractivity (Wildman–Crippen MR) is 127 cm³/mol. The molecule has 178 valence electrons. The molecule has 0 aliphatic carbocycles. The number of hydrogen-bond acceptors (Lipinski definition) is 6. The molecule has 0 unspecified atom stereocenters. The Kier molecular flexibility index (Phi) is 7.42. The van der Waals surface area contributed by atoms with E-state index in [-0.39, 0.29) is 30.0 Å². The quantitative estimate of drug-likeness (QED) is 0.519. The normalized spacial score (nSPS) is 14.9. The number of piperidine rings is 1. The van der Waals surface area contributed by atoms with Crippen molar-refractivity contribution < 1.29 is 13.6 Å². The van der Waals surface area contributed by atoms with Crippen LogP contribution in [0.25, 0.3) is 0 Å². The Morgan fingerprint density at radius 3 is 2.53 bits per heavy atom. The van der Waals surface area contributed by atoms with Crippen molar-refractivity contribution >= 4 is 23.2 Å². The first-order valence-electron chi connectivity index (χ1n) is 11.4. The van der Waals surface area contributed by atoms with Crippen LogP contribution in [0.4, 0.5) is 26.1 Å². The topological polar surface area (TPSA) is 83.0 Å². The largest absolute Gasteiger partial charge is 0.325 e. The Labute approximate surface area is 197 Å². The van der Waals surface area contributed by atoms with E-state index in [4.69, 9.17) is 9.97 Å². The molecule has 2 aromatic heterocycles. The fraction of sp³-hybridized carbons (Fsp3) is 0.360. The van der Waals surface area contributed by atoms with Crippen molar-refractivity contribution in [3.63, 3.8) is 0 Å². The van der Waals surface area contributed by atoms with Crippen molar-refractivity contribution in [1.29, 1.82) is 0 Å². The number of benzene rings is 1.